The van der Waals surface area contributed by atoms with Gasteiger partial charge in [-0.3, -0.25) is 14.2 Å². The van der Waals surface area contributed by atoms with E-state index in [0.717, 1.165) is 28.3 Å². The quantitative estimate of drug-likeness (QED) is 0.739. The van der Waals surface area contributed by atoms with Crippen molar-refractivity contribution in [2.45, 2.75) is 40.3 Å². The molecule has 0 aliphatic carbocycles. The Kier molecular flexibility index (Phi) is 5.13. The van der Waals surface area contributed by atoms with Crippen LogP contribution in [0, 0.1) is 20.8 Å². The van der Waals surface area contributed by atoms with Gasteiger partial charge in [-0.05, 0) is 51.5 Å². The monoisotopic (exact) mass is 371 g/mol. The second kappa shape index (κ2) is 7.33. The van der Waals surface area contributed by atoms with Crippen LogP contribution in [0.5, 0.6) is 0 Å². The topological polar surface area (TPSA) is 64.7 Å². The van der Waals surface area contributed by atoms with Crippen molar-refractivity contribution in [2.24, 2.45) is 0 Å². The molecule has 26 heavy (non-hydrogen) atoms. The second-order valence-electron chi connectivity index (χ2n) is 6.41. The van der Waals surface area contributed by atoms with E-state index in [1.165, 1.54) is 0 Å². The molecule has 6 nitrogen and oxygen atoms in total. The number of rotatable bonds is 5. The number of anilines is 1. The fourth-order valence-corrected chi connectivity index (χ4v) is 3.05. The van der Waals surface area contributed by atoms with Crippen molar-refractivity contribution < 1.29 is 4.79 Å². The maximum Gasteiger partial charge on any atom is 0.249 e. The molecule has 0 bridgehead atoms. The molecule has 0 aliphatic rings. The first-order valence-electron chi connectivity index (χ1n) is 8.46. The van der Waals surface area contributed by atoms with Crippen molar-refractivity contribution in [3.63, 3.8) is 0 Å². The van der Waals surface area contributed by atoms with Gasteiger partial charge in [0.05, 0.1) is 23.6 Å². The van der Waals surface area contributed by atoms with Gasteiger partial charge < -0.3 is 5.32 Å². The Bertz CT molecular complexity index is 926. The molecule has 0 spiro atoms. The standard InChI is InChI=1S/C19H22ClN5O/c1-12-9-10-21-25(12)15(4)19(26)22-18-13(2)23-24(14(18)3)11-16-5-7-17(20)8-6-16/h5-10,15H,11H2,1-4H3,(H,22,26). The third-order valence-corrected chi connectivity index (χ3v) is 4.74. The minimum absolute atomic E-state index is 0.117. The average Bonchev–Trinajstić information content (AvgIpc) is 3.15. The van der Waals surface area contributed by atoms with Crippen LogP contribution in [0.2, 0.25) is 5.02 Å². The zero-order valence-corrected chi connectivity index (χ0v) is 16.1. The third kappa shape index (κ3) is 3.65. The summed E-state index contributed by atoms with van der Waals surface area (Å²) >= 11 is 5.94. The Balaban J connectivity index is 1.78. The number of carbonyl (C=O) groups excluding carboxylic acids is 1. The lowest BCUT2D eigenvalue weighted by Crippen LogP contribution is -2.25. The maximum absolute atomic E-state index is 12.6. The number of benzene rings is 1. The highest BCUT2D eigenvalue weighted by molar-refractivity contribution is 6.30. The highest BCUT2D eigenvalue weighted by Gasteiger charge is 2.20. The van der Waals surface area contributed by atoms with Gasteiger partial charge in [0.2, 0.25) is 5.91 Å². The van der Waals surface area contributed by atoms with Crippen molar-refractivity contribution in [3.8, 4) is 0 Å². The molecule has 1 unspecified atom stereocenters. The minimum Gasteiger partial charge on any atom is -0.321 e. The van der Waals surface area contributed by atoms with Crippen molar-refractivity contribution >= 4 is 23.2 Å². The molecule has 0 fully saturated rings. The summed E-state index contributed by atoms with van der Waals surface area (Å²) in [6.07, 6.45) is 1.69. The first kappa shape index (κ1) is 18.2. The van der Waals surface area contributed by atoms with Crippen LogP contribution in [0.3, 0.4) is 0 Å². The molecule has 1 amide bonds. The van der Waals surface area contributed by atoms with Crippen molar-refractivity contribution in [1.29, 1.82) is 0 Å². The molecule has 0 saturated heterocycles. The molecule has 136 valence electrons. The highest BCUT2D eigenvalue weighted by atomic mass is 35.5. The van der Waals surface area contributed by atoms with Gasteiger partial charge in [0.15, 0.2) is 0 Å². The van der Waals surface area contributed by atoms with Gasteiger partial charge >= 0.3 is 0 Å². The predicted octanol–water partition coefficient (Wildman–Crippen LogP) is 3.91. The molecule has 3 aromatic rings. The summed E-state index contributed by atoms with van der Waals surface area (Å²) in [4.78, 5) is 12.6. The summed E-state index contributed by atoms with van der Waals surface area (Å²) in [5, 5.41) is 12.5. The van der Waals surface area contributed by atoms with Crippen LogP contribution in [0.4, 0.5) is 5.69 Å². The molecule has 0 saturated carbocycles. The largest absolute Gasteiger partial charge is 0.321 e. The number of nitrogens with zero attached hydrogens (tertiary/aromatic N) is 4. The Morgan fingerprint density at radius 1 is 1.19 bits per heavy atom. The highest BCUT2D eigenvalue weighted by Crippen LogP contribution is 2.22. The normalized spacial score (nSPS) is 12.2. The summed E-state index contributed by atoms with van der Waals surface area (Å²) in [5.74, 6) is -0.117. The van der Waals surface area contributed by atoms with Gasteiger partial charge in [0.1, 0.15) is 6.04 Å². The van der Waals surface area contributed by atoms with Gasteiger partial charge in [-0.2, -0.15) is 10.2 Å². The van der Waals surface area contributed by atoms with E-state index in [4.69, 9.17) is 11.6 Å². The van der Waals surface area contributed by atoms with E-state index >= 15 is 0 Å². The molecular formula is C19H22ClN5O. The van der Waals surface area contributed by atoms with E-state index in [2.05, 4.69) is 15.5 Å². The van der Waals surface area contributed by atoms with Crippen molar-refractivity contribution in [2.75, 3.05) is 5.32 Å². The van der Waals surface area contributed by atoms with Crippen LogP contribution in [0.25, 0.3) is 0 Å². The number of hydrogen-bond donors (Lipinski definition) is 1. The molecule has 1 aromatic carbocycles. The Labute approximate surface area is 157 Å². The maximum atomic E-state index is 12.6. The van der Waals surface area contributed by atoms with Gasteiger partial charge in [-0.15, -0.1) is 0 Å². The van der Waals surface area contributed by atoms with Crippen LogP contribution in [-0.4, -0.2) is 25.5 Å². The van der Waals surface area contributed by atoms with Gasteiger partial charge in [-0.25, -0.2) is 0 Å². The number of carbonyl (C=O) groups is 1. The molecule has 0 radical (unpaired) electrons. The van der Waals surface area contributed by atoms with E-state index < -0.39 is 6.04 Å². The summed E-state index contributed by atoms with van der Waals surface area (Å²) in [6.45, 7) is 8.23. The fraction of sp³-hybridized carbons (Fsp3) is 0.316. The Morgan fingerprint density at radius 2 is 1.88 bits per heavy atom. The number of halogens is 1. The molecule has 1 atom stereocenters. The summed E-state index contributed by atoms with van der Waals surface area (Å²) in [6, 6.07) is 9.14. The zero-order valence-electron chi connectivity index (χ0n) is 15.3. The molecule has 2 heterocycles. The predicted molar refractivity (Wildman–Crippen MR) is 103 cm³/mol. The molecule has 1 N–H and O–H groups in total. The van der Waals surface area contributed by atoms with Crippen LogP contribution < -0.4 is 5.32 Å². The molecular weight excluding hydrogens is 350 g/mol. The number of aryl methyl sites for hydroxylation is 2. The molecule has 2 aromatic heterocycles. The van der Waals surface area contributed by atoms with Gasteiger partial charge in [0, 0.05) is 16.9 Å². The second-order valence-corrected chi connectivity index (χ2v) is 6.85. The van der Waals surface area contributed by atoms with Crippen molar-refractivity contribution in [1.82, 2.24) is 19.6 Å². The van der Waals surface area contributed by atoms with Gasteiger partial charge in [0.25, 0.3) is 0 Å². The first-order valence-corrected chi connectivity index (χ1v) is 8.84. The van der Waals surface area contributed by atoms with E-state index in [1.54, 1.807) is 10.9 Å². The van der Waals surface area contributed by atoms with E-state index in [1.807, 2.05) is 62.7 Å². The average molecular weight is 372 g/mol. The summed E-state index contributed by atoms with van der Waals surface area (Å²) in [7, 11) is 0. The first-order chi connectivity index (χ1) is 12.4. The van der Waals surface area contributed by atoms with E-state index in [9.17, 15) is 4.79 Å². The van der Waals surface area contributed by atoms with Crippen LogP contribution >= 0.6 is 11.6 Å². The number of nitrogens with one attached hydrogen (secondary N) is 1. The molecule has 7 heteroatoms. The Hall–Kier alpha value is -2.60. The number of hydrogen-bond acceptors (Lipinski definition) is 3. The summed E-state index contributed by atoms with van der Waals surface area (Å²) in [5.41, 5.74) is 4.49. The fourth-order valence-electron chi connectivity index (χ4n) is 2.92. The minimum atomic E-state index is -0.400. The van der Waals surface area contributed by atoms with E-state index in [-0.39, 0.29) is 5.91 Å². The molecule has 0 aliphatic heterocycles. The van der Waals surface area contributed by atoms with E-state index in [0.29, 0.717) is 11.6 Å². The van der Waals surface area contributed by atoms with Crippen molar-refractivity contribution in [3.05, 3.63) is 64.2 Å². The number of aromatic nitrogens is 4. The van der Waals surface area contributed by atoms with Crippen LogP contribution in [-0.2, 0) is 11.3 Å². The van der Waals surface area contributed by atoms with Crippen LogP contribution in [0.15, 0.2) is 36.5 Å². The SMILES string of the molecule is Cc1nn(Cc2ccc(Cl)cc2)c(C)c1NC(=O)C(C)n1nccc1C. The lowest BCUT2D eigenvalue weighted by Gasteiger charge is -2.14. The summed E-state index contributed by atoms with van der Waals surface area (Å²) < 4.78 is 3.59. The van der Waals surface area contributed by atoms with Crippen LogP contribution in [0.1, 0.15) is 35.6 Å². The Morgan fingerprint density at radius 3 is 2.50 bits per heavy atom. The third-order valence-electron chi connectivity index (χ3n) is 4.49. The lowest BCUT2D eigenvalue weighted by molar-refractivity contribution is -0.119. The lowest BCUT2D eigenvalue weighted by atomic mass is 10.2. The van der Waals surface area contributed by atoms with Gasteiger partial charge in [-0.1, -0.05) is 23.7 Å². The smallest absolute Gasteiger partial charge is 0.249 e. The zero-order chi connectivity index (χ0) is 18.8. The molecule has 3 rings (SSSR count). The number of amides is 1.